The molecule has 2 rings (SSSR count). The molecule has 0 aliphatic carbocycles. The number of nitrogens with zero attached hydrogens (tertiary/aromatic N) is 2. The zero-order valence-electron chi connectivity index (χ0n) is 11.5. The highest BCUT2D eigenvalue weighted by Crippen LogP contribution is 2.19. The maximum atomic E-state index is 12.0. The summed E-state index contributed by atoms with van der Waals surface area (Å²) in [6.07, 6.45) is 3.30. The van der Waals surface area contributed by atoms with Crippen molar-refractivity contribution in [1.29, 1.82) is 0 Å². The monoisotopic (exact) mass is 365 g/mol. The van der Waals surface area contributed by atoms with Gasteiger partial charge in [-0.3, -0.25) is 4.79 Å². The predicted octanol–water partition coefficient (Wildman–Crippen LogP) is 3.40. The first-order chi connectivity index (χ1) is 10.2. The average molecular weight is 366 g/mol. The number of aromatic nitrogens is 2. The Morgan fingerprint density at radius 2 is 2.14 bits per heavy atom. The lowest BCUT2D eigenvalue weighted by atomic mass is 10.4. The highest BCUT2D eigenvalue weighted by Gasteiger charge is 2.07. The molecule has 6 heteroatoms. The van der Waals surface area contributed by atoms with Gasteiger partial charge in [-0.05, 0) is 28.1 Å². The third-order valence-electron chi connectivity index (χ3n) is 2.72. The van der Waals surface area contributed by atoms with Crippen LogP contribution < -0.4 is 10.9 Å². The van der Waals surface area contributed by atoms with Crippen molar-refractivity contribution in [2.75, 3.05) is 17.6 Å². The van der Waals surface area contributed by atoms with E-state index in [1.54, 1.807) is 24.0 Å². The quantitative estimate of drug-likeness (QED) is 0.464. The van der Waals surface area contributed by atoms with Crippen molar-refractivity contribution >= 4 is 33.4 Å². The highest BCUT2D eigenvalue weighted by atomic mass is 79.9. The number of allylic oxidation sites excluding steroid dienone is 1. The SMILES string of the molecule is C=CCn1ncc(NCCSc2ccccc2)c(Br)c1=O. The molecule has 0 saturated heterocycles. The van der Waals surface area contributed by atoms with Crippen LogP contribution in [0.4, 0.5) is 5.69 Å². The highest BCUT2D eigenvalue weighted by molar-refractivity contribution is 9.10. The third kappa shape index (κ3) is 4.47. The molecule has 21 heavy (non-hydrogen) atoms. The van der Waals surface area contributed by atoms with E-state index in [1.807, 2.05) is 18.2 Å². The number of anilines is 1. The molecule has 1 aromatic heterocycles. The first-order valence-electron chi connectivity index (χ1n) is 6.50. The minimum atomic E-state index is -0.157. The summed E-state index contributed by atoms with van der Waals surface area (Å²) in [7, 11) is 0. The summed E-state index contributed by atoms with van der Waals surface area (Å²) in [5, 5.41) is 7.32. The van der Waals surface area contributed by atoms with Crippen LogP contribution in [0.15, 0.2) is 63.3 Å². The molecule has 110 valence electrons. The molecule has 0 atom stereocenters. The van der Waals surface area contributed by atoms with Crippen molar-refractivity contribution in [3.8, 4) is 0 Å². The Bertz CT molecular complexity index is 658. The lowest BCUT2D eigenvalue weighted by molar-refractivity contribution is 0.649. The zero-order chi connectivity index (χ0) is 15.1. The second-order valence-corrected chi connectivity index (χ2v) is 6.20. The molecule has 0 amide bonds. The molecule has 0 unspecified atom stereocenters. The fourth-order valence-corrected chi connectivity index (χ4v) is 2.95. The van der Waals surface area contributed by atoms with Crippen LogP contribution in [0.2, 0.25) is 0 Å². The summed E-state index contributed by atoms with van der Waals surface area (Å²) < 4.78 is 1.87. The first kappa shape index (κ1) is 15.9. The van der Waals surface area contributed by atoms with E-state index in [0.717, 1.165) is 12.3 Å². The van der Waals surface area contributed by atoms with Crippen LogP contribution in [-0.2, 0) is 6.54 Å². The fraction of sp³-hybridized carbons (Fsp3) is 0.200. The van der Waals surface area contributed by atoms with Crippen molar-refractivity contribution in [3.05, 3.63) is 64.0 Å². The predicted molar refractivity (Wildman–Crippen MR) is 92.0 cm³/mol. The van der Waals surface area contributed by atoms with Crippen molar-refractivity contribution in [3.63, 3.8) is 0 Å². The van der Waals surface area contributed by atoms with Crippen molar-refractivity contribution < 1.29 is 0 Å². The summed E-state index contributed by atoms with van der Waals surface area (Å²) in [5.41, 5.74) is 0.560. The standard InChI is InChI=1S/C15H16BrN3OS/c1-2-9-19-15(20)14(16)13(11-18-19)17-8-10-21-12-6-4-3-5-7-12/h2-7,11,17H,1,8-10H2. The Hall–Kier alpha value is -1.53. The van der Waals surface area contributed by atoms with Crippen molar-refractivity contribution in [1.82, 2.24) is 9.78 Å². The summed E-state index contributed by atoms with van der Waals surface area (Å²) in [5.74, 6) is 0.909. The molecule has 0 bridgehead atoms. The normalized spacial score (nSPS) is 10.3. The topological polar surface area (TPSA) is 46.9 Å². The molecule has 2 aromatic rings. The summed E-state index contributed by atoms with van der Waals surface area (Å²) >= 11 is 5.09. The van der Waals surface area contributed by atoms with Gasteiger partial charge in [0.2, 0.25) is 0 Å². The van der Waals surface area contributed by atoms with Gasteiger partial charge in [0.25, 0.3) is 5.56 Å². The van der Waals surface area contributed by atoms with Gasteiger partial charge in [-0.15, -0.1) is 18.3 Å². The van der Waals surface area contributed by atoms with E-state index in [4.69, 9.17) is 0 Å². The fourth-order valence-electron chi connectivity index (χ4n) is 1.71. The van der Waals surface area contributed by atoms with Crippen LogP contribution in [0.1, 0.15) is 0 Å². The third-order valence-corrected chi connectivity index (χ3v) is 4.50. The molecule has 1 aromatic carbocycles. The molecule has 0 aliphatic heterocycles. The van der Waals surface area contributed by atoms with E-state index < -0.39 is 0 Å². The molecular weight excluding hydrogens is 350 g/mol. The molecule has 0 radical (unpaired) electrons. The number of hydrogen-bond donors (Lipinski definition) is 1. The summed E-state index contributed by atoms with van der Waals surface area (Å²) in [4.78, 5) is 13.2. The zero-order valence-corrected chi connectivity index (χ0v) is 13.9. The lowest BCUT2D eigenvalue weighted by Crippen LogP contribution is -2.24. The Morgan fingerprint density at radius 1 is 1.38 bits per heavy atom. The molecule has 0 fully saturated rings. The molecule has 0 aliphatic rings. The lowest BCUT2D eigenvalue weighted by Gasteiger charge is -2.09. The summed E-state index contributed by atoms with van der Waals surface area (Å²) in [6.45, 7) is 4.76. The van der Waals surface area contributed by atoms with Gasteiger partial charge in [-0.2, -0.15) is 5.10 Å². The average Bonchev–Trinajstić information content (AvgIpc) is 2.51. The first-order valence-corrected chi connectivity index (χ1v) is 8.28. The van der Waals surface area contributed by atoms with Gasteiger partial charge in [0.15, 0.2) is 0 Å². The van der Waals surface area contributed by atoms with E-state index in [-0.39, 0.29) is 5.56 Å². The van der Waals surface area contributed by atoms with Crippen LogP contribution in [-0.4, -0.2) is 22.1 Å². The Balaban J connectivity index is 1.90. The van der Waals surface area contributed by atoms with E-state index >= 15 is 0 Å². The van der Waals surface area contributed by atoms with Gasteiger partial charge >= 0.3 is 0 Å². The Kier molecular flexibility index (Phi) is 6.07. The van der Waals surface area contributed by atoms with E-state index in [9.17, 15) is 4.79 Å². The van der Waals surface area contributed by atoms with Crippen molar-refractivity contribution in [2.24, 2.45) is 0 Å². The minimum absolute atomic E-state index is 0.157. The molecule has 1 N–H and O–H groups in total. The number of hydrogen-bond acceptors (Lipinski definition) is 4. The minimum Gasteiger partial charge on any atom is -0.382 e. The van der Waals surface area contributed by atoms with Crippen LogP contribution in [0.3, 0.4) is 0 Å². The van der Waals surface area contributed by atoms with E-state index in [1.165, 1.54) is 9.58 Å². The Morgan fingerprint density at radius 3 is 2.86 bits per heavy atom. The number of thioether (sulfide) groups is 1. The maximum absolute atomic E-state index is 12.0. The molecular formula is C15H16BrN3OS. The van der Waals surface area contributed by atoms with Gasteiger partial charge in [-0.1, -0.05) is 24.3 Å². The van der Waals surface area contributed by atoms with Gasteiger partial charge in [0.1, 0.15) is 4.47 Å². The van der Waals surface area contributed by atoms with Gasteiger partial charge in [-0.25, -0.2) is 4.68 Å². The van der Waals surface area contributed by atoms with E-state index in [2.05, 4.69) is 45.1 Å². The number of benzene rings is 1. The molecule has 1 heterocycles. The smallest absolute Gasteiger partial charge is 0.283 e. The van der Waals surface area contributed by atoms with Gasteiger partial charge in [0, 0.05) is 17.2 Å². The van der Waals surface area contributed by atoms with Crippen LogP contribution in [0.25, 0.3) is 0 Å². The molecule has 0 spiro atoms. The summed E-state index contributed by atoms with van der Waals surface area (Å²) in [6, 6.07) is 10.2. The van der Waals surface area contributed by atoms with E-state index in [0.29, 0.717) is 16.7 Å². The van der Waals surface area contributed by atoms with Crippen LogP contribution in [0.5, 0.6) is 0 Å². The number of halogens is 1. The molecule has 0 saturated carbocycles. The Labute approximate surface area is 136 Å². The van der Waals surface area contributed by atoms with Crippen LogP contribution >= 0.6 is 27.7 Å². The molecule has 4 nitrogen and oxygen atoms in total. The second kappa shape index (κ2) is 8.05. The largest absolute Gasteiger partial charge is 0.382 e. The van der Waals surface area contributed by atoms with Crippen molar-refractivity contribution in [2.45, 2.75) is 11.4 Å². The number of nitrogens with one attached hydrogen (secondary N) is 1. The van der Waals surface area contributed by atoms with Gasteiger partial charge in [0.05, 0.1) is 18.4 Å². The van der Waals surface area contributed by atoms with Gasteiger partial charge < -0.3 is 5.32 Å². The van der Waals surface area contributed by atoms with Crippen LogP contribution in [0, 0.1) is 0 Å². The maximum Gasteiger partial charge on any atom is 0.283 e. The number of rotatable bonds is 7. The second-order valence-electron chi connectivity index (χ2n) is 4.24.